The Hall–Kier alpha value is -0.0800. The summed E-state index contributed by atoms with van der Waals surface area (Å²) in [7, 11) is 0. The van der Waals surface area contributed by atoms with Crippen LogP contribution in [0, 0.1) is 5.92 Å². The zero-order valence-corrected chi connectivity index (χ0v) is 5.69. The molecule has 0 saturated carbocycles. The summed E-state index contributed by atoms with van der Waals surface area (Å²) in [5.41, 5.74) is 0. The second-order valence-corrected chi connectivity index (χ2v) is 3.10. The van der Waals surface area contributed by atoms with Crippen molar-refractivity contribution in [3.8, 4) is 0 Å². The van der Waals surface area contributed by atoms with E-state index in [4.69, 9.17) is 0 Å². The summed E-state index contributed by atoms with van der Waals surface area (Å²) in [4.78, 5) is 0. The summed E-state index contributed by atoms with van der Waals surface area (Å²) in [5.74, 6) is 0.992. The maximum absolute atomic E-state index is 3.50. The van der Waals surface area contributed by atoms with Gasteiger partial charge in [-0.3, -0.25) is 0 Å². The van der Waals surface area contributed by atoms with Crippen molar-refractivity contribution in [2.24, 2.45) is 5.92 Å². The molecule has 2 aliphatic rings. The van der Waals surface area contributed by atoms with Gasteiger partial charge in [0.25, 0.3) is 0 Å². The van der Waals surface area contributed by atoms with E-state index in [0.717, 1.165) is 12.0 Å². The van der Waals surface area contributed by atoms with Gasteiger partial charge in [0.15, 0.2) is 0 Å². The minimum absolute atomic E-state index is 0.804. The third kappa shape index (κ3) is 0.970. The minimum atomic E-state index is 0.804. The number of rotatable bonds is 0. The molecule has 2 N–H and O–H groups in total. The Bertz CT molecular complexity index is 91.1. The Morgan fingerprint density at radius 2 is 2.00 bits per heavy atom. The first-order chi connectivity index (χ1) is 4.47. The molecule has 2 heteroatoms. The van der Waals surface area contributed by atoms with Crippen LogP contribution in [0.15, 0.2) is 0 Å². The Kier molecular flexibility index (Phi) is 1.44. The van der Waals surface area contributed by atoms with Crippen LogP contribution in [0.25, 0.3) is 0 Å². The molecular weight excluding hydrogens is 112 g/mol. The van der Waals surface area contributed by atoms with Crippen molar-refractivity contribution in [1.29, 1.82) is 0 Å². The predicted octanol–water partition coefficient (Wildman–Crippen LogP) is -0.0422. The van der Waals surface area contributed by atoms with E-state index < -0.39 is 0 Å². The topological polar surface area (TPSA) is 24.1 Å². The number of hydrogen-bond acceptors (Lipinski definition) is 2. The van der Waals surface area contributed by atoms with E-state index in [0.29, 0.717) is 0 Å². The molecule has 2 rings (SSSR count). The third-order valence-electron chi connectivity index (χ3n) is 2.55. The summed E-state index contributed by atoms with van der Waals surface area (Å²) in [5, 5.41) is 6.89. The average Bonchev–Trinajstić information content (AvgIpc) is 2.33. The first kappa shape index (κ1) is 5.69. The summed E-state index contributed by atoms with van der Waals surface area (Å²) in [6.45, 7) is 3.69. The van der Waals surface area contributed by atoms with Crippen LogP contribution in [0.2, 0.25) is 0 Å². The quantitative estimate of drug-likeness (QED) is 0.476. The van der Waals surface area contributed by atoms with Crippen LogP contribution in [0.5, 0.6) is 0 Å². The van der Waals surface area contributed by atoms with Gasteiger partial charge in [-0.1, -0.05) is 0 Å². The lowest BCUT2D eigenvalue weighted by atomic mass is 9.94. The highest BCUT2D eigenvalue weighted by molar-refractivity contribution is 4.88. The smallest absolute Gasteiger partial charge is 0.0221 e. The molecule has 9 heavy (non-hydrogen) atoms. The average molecular weight is 126 g/mol. The van der Waals surface area contributed by atoms with Gasteiger partial charge >= 0.3 is 0 Å². The van der Waals surface area contributed by atoms with E-state index in [2.05, 4.69) is 10.6 Å². The van der Waals surface area contributed by atoms with Crippen molar-refractivity contribution < 1.29 is 0 Å². The molecular formula is C7H14N2. The summed E-state index contributed by atoms with van der Waals surface area (Å²) in [6.07, 6.45) is 2.80. The van der Waals surface area contributed by atoms with Gasteiger partial charge in [-0.05, 0) is 31.8 Å². The van der Waals surface area contributed by atoms with Crippen molar-refractivity contribution >= 4 is 0 Å². The second-order valence-electron chi connectivity index (χ2n) is 3.10. The molecule has 0 aromatic carbocycles. The number of hydrogen-bond donors (Lipinski definition) is 2. The fourth-order valence-corrected chi connectivity index (χ4v) is 1.95. The SMILES string of the molecule is C1C[C@@H]2CCNC2CN1. The van der Waals surface area contributed by atoms with E-state index in [1.807, 2.05) is 0 Å². The first-order valence-corrected chi connectivity index (χ1v) is 3.91. The molecule has 2 saturated heterocycles. The van der Waals surface area contributed by atoms with Crippen molar-refractivity contribution in [3.05, 3.63) is 0 Å². The summed E-state index contributed by atoms with van der Waals surface area (Å²) < 4.78 is 0. The molecule has 52 valence electrons. The maximum atomic E-state index is 3.50. The van der Waals surface area contributed by atoms with E-state index >= 15 is 0 Å². The lowest BCUT2D eigenvalue weighted by molar-refractivity contribution is 0.343. The van der Waals surface area contributed by atoms with Gasteiger partial charge in [0.05, 0.1) is 0 Å². The maximum Gasteiger partial charge on any atom is 0.0221 e. The third-order valence-corrected chi connectivity index (χ3v) is 2.55. The normalized spacial score (nSPS) is 42.7. The van der Waals surface area contributed by atoms with Crippen molar-refractivity contribution in [1.82, 2.24) is 10.6 Å². The predicted molar refractivity (Wildman–Crippen MR) is 37.4 cm³/mol. The molecule has 0 aliphatic carbocycles. The molecule has 0 amide bonds. The van der Waals surface area contributed by atoms with Crippen LogP contribution in [0.1, 0.15) is 12.8 Å². The Morgan fingerprint density at radius 1 is 1.11 bits per heavy atom. The molecule has 2 aliphatic heterocycles. The Balaban J connectivity index is 1.97. The lowest BCUT2D eigenvalue weighted by Crippen LogP contribution is -2.43. The van der Waals surface area contributed by atoms with Crippen LogP contribution in [-0.4, -0.2) is 25.7 Å². The Morgan fingerprint density at radius 3 is 2.89 bits per heavy atom. The molecule has 2 nitrogen and oxygen atoms in total. The highest BCUT2D eigenvalue weighted by Gasteiger charge is 2.28. The summed E-state index contributed by atoms with van der Waals surface area (Å²) >= 11 is 0. The van der Waals surface area contributed by atoms with Crippen molar-refractivity contribution in [2.45, 2.75) is 18.9 Å². The highest BCUT2D eigenvalue weighted by atomic mass is 15.0. The molecule has 0 spiro atoms. The van der Waals surface area contributed by atoms with Gasteiger partial charge in [0.2, 0.25) is 0 Å². The van der Waals surface area contributed by atoms with Gasteiger partial charge in [0, 0.05) is 12.6 Å². The largest absolute Gasteiger partial charge is 0.315 e. The zero-order chi connectivity index (χ0) is 6.10. The van der Waals surface area contributed by atoms with E-state index in [-0.39, 0.29) is 0 Å². The van der Waals surface area contributed by atoms with Crippen LogP contribution >= 0.6 is 0 Å². The minimum Gasteiger partial charge on any atom is -0.315 e. The Labute approximate surface area is 56.0 Å². The molecule has 0 aromatic heterocycles. The first-order valence-electron chi connectivity index (χ1n) is 3.91. The van der Waals surface area contributed by atoms with Crippen molar-refractivity contribution in [3.63, 3.8) is 0 Å². The molecule has 0 aromatic rings. The van der Waals surface area contributed by atoms with Gasteiger partial charge in [-0.15, -0.1) is 0 Å². The highest BCUT2D eigenvalue weighted by Crippen LogP contribution is 2.20. The number of piperidine rings is 1. The molecule has 2 heterocycles. The standard InChI is InChI=1S/C7H14N2/c1-3-8-5-7-6(1)2-4-9-7/h6-9H,1-5H2/t6-,7?/m1/s1. The molecule has 0 bridgehead atoms. The fraction of sp³-hybridized carbons (Fsp3) is 1.00. The van der Waals surface area contributed by atoms with Gasteiger partial charge < -0.3 is 10.6 Å². The van der Waals surface area contributed by atoms with Crippen LogP contribution in [0.3, 0.4) is 0 Å². The van der Waals surface area contributed by atoms with Gasteiger partial charge in [-0.25, -0.2) is 0 Å². The summed E-state index contributed by atoms with van der Waals surface area (Å²) in [6, 6.07) is 0.804. The fourth-order valence-electron chi connectivity index (χ4n) is 1.95. The van der Waals surface area contributed by atoms with Crippen LogP contribution < -0.4 is 10.6 Å². The van der Waals surface area contributed by atoms with Crippen LogP contribution in [-0.2, 0) is 0 Å². The van der Waals surface area contributed by atoms with E-state index in [9.17, 15) is 0 Å². The molecule has 0 radical (unpaired) electrons. The second kappa shape index (κ2) is 2.27. The monoisotopic (exact) mass is 126 g/mol. The lowest BCUT2D eigenvalue weighted by Gasteiger charge is -2.25. The number of fused-ring (bicyclic) bond motifs is 1. The number of nitrogens with one attached hydrogen (secondary N) is 2. The molecule has 2 fully saturated rings. The zero-order valence-electron chi connectivity index (χ0n) is 5.69. The van der Waals surface area contributed by atoms with E-state index in [1.54, 1.807) is 0 Å². The van der Waals surface area contributed by atoms with Crippen molar-refractivity contribution in [2.75, 3.05) is 19.6 Å². The van der Waals surface area contributed by atoms with Gasteiger partial charge in [-0.2, -0.15) is 0 Å². The van der Waals surface area contributed by atoms with Gasteiger partial charge in [0.1, 0.15) is 0 Å². The van der Waals surface area contributed by atoms with E-state index in [1.165, 1.54) is 32.5 Å². The molecule has 2 atom stereocenters. The molecule has 1 unspecified atom stereocenters. The van der Waals surface area contributed by atoms with Crippen LogP contribution in [0.4, 0.5) is 0 Å².